The first-order valence-corrected chi connectivity index (χ1v) is 12.0. The number of esters is 1. The van der Waals surface area contributed by atoms with Gasteiger partial charge >= 0.3 is 5.97 Å². The molecule has 0 spiro atoms. The van der Waals surface area contributed by atoms with Crippen molar-refractivity contribution >= 4 is 11.9 Å². The highest BCUT2D eigenvalue weighted by Crippen LogP contribution is 2.58. The molecule has 3 saturated carbocycles. The van der Waals surface area contributed by atoms with E-state index in [-0.39, 0.29) is 35.9 Å². The number of hydrogen-bond donors (Lipinski definition) is 1. The SMILES string of the molecule is COC(=O)C1CCN(C(=O)C23CCC(c4ccc(OC/C(=C/F)CN)cc4)(CC2)CC3)CC1. The first-order valence-electron chi connectivity index (χ1n) is 12.0. The van der Waals surface area contributed by atoms with Gasteiger partial charge in [0.2, 0.25) is 5.91 Å². The first-order chi connectivity index (χ1) is 15.9. The van der Waals surface area contributed by atoms with E-state index in [9.17, 15) is 14.0 Å². The molecule has 1 heterocycles. The van der Waals surface area contributed by atoms with Crippen LogP contribution in [0, 0.1) is 11.3 Å². The monoisotopic (exact) mass is 458 g/mol. The van der Waals surface area contributed by atoms with Crippen molar-refractivity contribution < 1.29 is 23.5 Å². The van der Waals surface area contributed by atoms with Crippen LogP contribution >= 0.6 is 0 Å². The van der Waals surface area contributed by atoms with E-state index >= 15 is 0 Å². The Morgan fingerprint density at radius 1 is 1.09 bits per heavy atom. The van der Waals surface area contributed by atoms with Gasteiger partial charge in [-0.3, -0.25) is 9.59 Å². The van der Waals surface area contributed by atoms with Gasteiger partial charge in [0.15, 0.2) is 0 Å². The quantitative estimate of drug-likeness (QED) is 0.627. The molecule has 1 aromatic rings. The third-order valence-electron chi connectivity index (χ3n) is 8.32. The number of halogens is 1. The van der Waals surface area contributed by atoms with Gasteiger partial charge in [-0.25, -0.2) is 4.39 Å². The highest BCUT2D eigenvalue weighted by molar-refractivity contribution is 5.84. The van der Waals surface area contributed by atoms with Gasteiger partial charge in [-0.15, -0.1) is 0 Å². The zero-order chi connectivity index (χ0) is 23.5. The Balaban J connectivity index is 1.35. The third kappa shape index (κ3) is 4.65. The van der Waals surface area contributed by atoms with Gasteiger partial charge in [0.05, 0.1) is 19.4 Å². The van der Waals surface area contributed by atoms with Crippen molar-refractivity contribution in [3.63, 3.8) is 0 Å². The Kier molecular flexibility index (Phi) is 7.07. The van der Waals surface area contributed by atoms with E-state index in [1.807, 2.05) is 17.0 Å². The largest absolute Gasteiger partial charge is 0.489 e. The number of carbonyl (C=O) groups excluding carboxylic acids is 2. The molecule has 0 atom stereocenters. The second-order valence-electron chi connectivity index (χ2n) is 9.93. The molecule has 33 heavy (non-hydrogen) atoms. The highest BCUT2D eigenvalue weighted by atomic mass is 19.1. The minimum absolute atomic E-state index is 0.0799. The lowest BCUT2D eigenvalue weighted by molar-refractivity contribution is -0.155. The number of nitrogens with zero attached hydrogens (tertiary/aromatic N) is 1. The average molecular weight is 459 g/mol. The summed E-state index contributed by atoms with van der Waals surface area (Å²) in [7, 11) is 1.43. The van der Waals surface area contributed by atoms with Crippen molar-refractivity contribution in [3.8, 4) is 5.75 Å². The van der Waals surface area contributed by atoms with E-state index in [0.29, 0.717) is 49.5 Å². The molecule has 7 heteroatoms. The minimum atomic E-state index is -0.236. The molecule has 5 rings (SSSR count). The van der Waals surface area contributed by atoms with E-state index in [1.165, 1.54) is 12.7 Å². The molecule has 2 bridgehead atoms. The highest BCUT2D eigenvalue weighted by Gasteiger charge is 2.54. The maximum absolute atomic E-state index is 13.5. The summed E-state index contributed by atoms with van der Waals surface area (Å²) in [6, 6.07) is 8.13. The zero-order valence-corrected chi connectivity index (χ0v) is 19.5. The maximum Gasteiger partial charge on any atom is 0.308 e. The molecule has 4 aliphatic rings. The van der Waals surface area contributed by atoms with Crippen LogP contribution < -0.4 is 10.5 Å². The van der Waals surface area contributed by atoms with Gasteiger partial charge in [0.1, 0.15) is 12.4 Å². The lowest BCUT2D eigenvalue weighted by Gasteiger charge is -2.54. The van der Waals surface area contributed by atoms with Crippen molar-refractivity contribution in [3.05, 3.63) is 41.7 Å². The van der Waals surface area contributed by atoms with Crippen LogP contribution in [0.1, 0.15) is 56.9 Å². The smallest absolute Gasteiger partial charge is 0.308 e. The number of ether oxygens (including phenoxy) is 2. The van der Waals surface area contributed by atoms with Gasteiger partial charge in [0.25, 0.3) is 0 Å². The summed E-state index contributed by atoms with van der Waals surface area (Å²) in [5.74, 6) is 0.758. The fraction of sp³-hybridized carbons (Fsp3) is 0.615. The lowest BCUT2D eigenvalue weighted by atomic mass is 9.51. The van der Waals surface area contributed by atoms with Gasteiger partial charge in [-0.1, -0.05) is 12.1 Å². The maximum atomic E-state index is 13.5. The van der Waals surface area contributed by atoms with E-state index in [1.54, 1.807) is 0 Å². The molecule has 0 unspecified atom stereocenters. The van der Waals surface area contributed by atoms with Crippen LogP contribution in [-0.4, -0.2) is 50.1 Å². The summed E-state index contributed by atoms with van der Waals surface area (Å²) in [5, 5.41) is 0. The number of fused-ring (bicyclic) bond motifs is 3. The summed E-state index contributed by atoms with van der Waals surface area (Å²) < 4.78 is 23.2. The first kappa shape index (κ1) is 23.7. The molecule has 0 aromatic heterocycles. The molecule has 0 radical (unpaired) electrons. The molecule has 1 amide bonds. The van der Waals surface area contributed by atoms with E-state index < -0.39 is 0 Å². The summed E-state index contributed by atoms with van der Waals surface area (Å²) >= 11 is 0. The van der Waals surface area contributed by atoms with Gasteiger partial charge in [-0.05, 0) is 74.5 Å². The number of carbonyl (C=O) groups is 2. The van der Waals surface area contributed by atoms with Crippen molar-refractivity contribution in [2.45, 2.75) is 56.8 Å². The number of amides is 1. The van der Waals surface area contributed by atoms with E-state index in [0.717, 1.165) is 38.5 Å². The predicted octanol–water partition coefficient (Wildman–Crippen LogP) is 3.88. The Hall–Kier alpha value is -2.41. The molecule has 6 nitrogen and oxygen atoms in total. The Labute approximate surface area is 195 Å². The molecule has 2 N–H and O–H groups in total. The molecule has 1 aliphatic heterocycles. The number of likely N-dealkylation sites (tertiary alicyclic amines) is 1. The van der Waals surface area contributed by atoms with Crippen LogP contribution in [0.5, 0.6) is 5.75 Å². The molecule has 1 aromatic carbocycles. The molecule has 3 aliphatic carbocycles. The number of nitrogens with two attached hydrogens (primary N) is 1. The predicted molar refractivity (Wildman–Crippen MR) is 123 cm³/mol. The molecular weight excluding hydrogens is 423 g/mol. The Morgan fingerprint density at radius 2 is 1.70 bits per heavy atom. The van der Waals surface area contributed by atoms with Gasteiger partial charge in [-0.2, -0.15) is 0 Å². The summed E-state index contributed by atoms with van der Waals surface area (Å²) in [6.07, 6.45) is 7.69. The van der Waals surface area contributed by atoms with Crippen molar-refractivity contribution in [1.29, 1.82) is 0 Å². The number of rotatable bonds is 7. The molecule has 1 saturated heterocycles. The lowest BCUT2D eigenvalue weighted by Crippen LogP contribution is -2.54. The molecule has 180 valence electrons. The number of piperidine rings is 1. The standard InChI is InChI=1S/C26H35FN2O4/c1-32-23(30)20-6-14-29(15-7-20)24(31)26-11-8-25(9-12-26,10-13-26)21-2-4-22(5-3-21)33-18-19(16-27)17-28/h2-5,16,20H,6-15,17-18,28H2,1H3/b19-16+. The van der Waals surface area contributed by atoms with Crippen molar-refractivity contribution in [1.82, 2.24) is 4.90 Å². The third-order valence-corrected chi connectivity index (χ3v) is 8.32. The minimum Gasteiger partial charge on any atom is -0.489 e. The Morgan fingerprint density at radius 3 is 2.21 bits per heavy atom. The zero-order valence-electron chi connectivity index (χ0n) is 19.5. The van der Waals surface area contributed by atoms with Crippen LogP contribution in [0.2, 0.25) is 0 Å². The van der Waals surface area contributed by atoms with Gasteiger partial charge in [0, 0.05) is 30.6 Å². The average Bonchev–Trinajstić information content (AvgIpc) is 2.90. The Bertz CT molecular complexity index is 866. The summed E-state index contributed by atoms with van der Waals surface area (Å²) in [5.41, 5.74) is 7.09. The summed E-state index contributed by atoms with van der Waals surface area (Å²) in [4.78, 5) is 27.3. The van der Waals surface area contributed by atoms with Crippen LogP contribution in [0.25, 0.3) is 0 Å². The van der Waals surface area contributed by atoms with E-state index in [2.05, 4.69) is 12.1 Å². The fourth-order valence-corrected chi connectivity index (χ4v) is 5.98. The number of hydrogen-bond acceptors (Lipinski definition) is 5. The van der Waals surface area contributed by atoms with Crippen LogP contribution in [0.3, 0.4) is 0 Å². The van der Waals surface area contributed by atoms with Crippen LogP contribution in [0.4, 0.5) is 4.39 Å². The number of benzene rings is 1. The van der Waals surface area contributed by atoms with Crippen LogP contribution in [-0.2, 0) is 19.7 Å². The number of methoxy groups -OCH3 is 1. The molecule has 4 fully saturated rings. The summed E-state index contributed by atoms with van der Waals surface area (Å²) in [6.45, 7) is 1.59. The second-order valence-corrected chi connectivity index (χ2v) is 9.93. The van der Waals surface area contributed by atoms with E-state index in [4.69, 9.17) is 15.2 Å². The van der Waals surface area contributed by atoms with Gasteiger partial charge < -0.3 is 20.1 Å². The fourth-order valence-electron chi connectivity index (χ4n) is 5.98. The van der Waals surface area contributed by atoms with Crippen LogP contribution in [0.15, 0.2) is 36.2 Å². The second kappa shape index (κ2) is 9.84. The molecular formula is C26H35FN2O4. The van der Waals surface area contributed by atoms with Crippen molar-refractivity contribution in [2.75, 3.05) is 33.4 Å². The normalized spacial score (nSPS) is 28.0. The topological polar surface area (TPSA) is 81.9 Å². The van der Waals surface area contributed by atoms with Crippen molar-refractivity contribution in [2.24, 2.45) is 17.1 Å².